The number of carbonyl (C=O) groups is 1. The second-order valence-electron chi connectivity index (χ2n) is 13.1. The molecule has 8 nitrogen and oxygen atoms in total. The Morgan fingerprint density at radius 1 is 1.22 bits per heavy atom. The van der Waals surface area contributed by atoms with Crippen LogP contribution >= 0.6 is 0 Å². The third-order valence-corrected chi connectivity index (χ3v) is 9.81. The third kappa shape index (κ3) is 2.95. The molecule has 1 aliphatic heterocycles. The zero-order chi connectivity index (χ0) is 26.0. The van der Waals surface area contributed by atoms with Crippen LogP contribution in [0.15, 0.2) is 27.8 Å². The summed E-state index contributed by atoms with van der Waals surface area (Å²) in [7, 11) is 0. The average molecular weight is 499 g/mol. The Balaban J connectivity index is 1.53. The molecule has 8 atom stereocenters. The zero-order valence-corrected chi connectivity index (χ0v) is 22.5. The van der Waals surface area contributed by atoms with Gasteiger partial charge in [0.25, 0.3) is 0 Å². The average Bonchev–Trinajstić information content (AvgIpc) is 3.10. The highest BCUT2D eigenvalue weighted by Crippen LogP contribution is 2.72. The Kier molecular flexibility index (Phi) is 4.93. The van der Waals surface area contributed by atoms with Gasteiger partial charge in [-0.25, -0.2) is 0 Å². The fourth-order valence-electron chi connectivity index (χ4n) is 7.91. The number of aliphatic hydroxyl groups is 1. The monoisotopic (exact) mass is 498 g/mol. The molecule has 1 N–H and O–H groups in total. The molecule has 1 saturated heterocycles. The minimum absolute atomic E-state index is 0.0378. The van der Waals surface area contributed by atoms with Gasteiger partial charge < -0.3 is 23.8 Å². The molecule has 2 heterocycles. The van der Waals surface area contributed by atoms with Crippen LogP contribution in [0.2, 0.25) is 0 Å². The zero-order valence-electron chi connectivity index (χ0n) is 22.5. The van der Waals surface area contributed by atoms with Crippen LogP contribution < -0.4 is 4.74 Å². The SMILES string of the molecule is CC1=CC23C(=O)[C@@H](C=C4COC(C)(C)O[C@H]4[C@]2(O)[C@H]1Oc1noc(C(C)C)n1)[C@H]1[C@@H](C[C@H]3C)C1(C)C. The molecule has 36 heavy (non-hydrogen) atoms. The van der Waals surface area contributed by atoms with Gasteiger partial charge >= 0.3 is 6.01 Å². The molecule has 0 aromatic carbocycles. The molecule has 196 valence electrons. The maximum Gasteiger partial charge on any atom is 0.354 e. The van der Waals surface area contributed by atoms with Crippen molar-refractivity contribution in [1.29, 1.82) is 0 Å². The predicted octanol–water partition coefficient (Wildman–Crippen LogP) is 4.21. The second kappa shape index (κ2) is 7.29. The van der Waals surface area contributed by atoms with Crippen molar-refractivity contribution in [1.82, 2.24) is 10.1 Å². The first-order valence-electron chi connectivity index (χ1n) is 13.2. The lowest BCUT2D eigenvalue weighted by molar-refractivity contribution is -0.301. The van der Waals surface area contributed by atoms with Crippen LogP contribution in [-0.4, -0.2) is 51.2 Å². The van der Waals surface area contributed by atoms with Crippen LogP contribution in [0.4, 0.5) is 0 Å². The highest BCUT2D eigenvalue weighted by molar-refractivity contribution is 5.95. The van der Waals surface area contributed by atoms with E-state index < -0.39 is 29.0 Å². The standard InChI is InChI=1S/C28H38N2O6/c1-13(2)23-29-24(30-36-23)34-21-14(3)11-27-15(4)9-18-19(25(18,5)6)17(20(27)31)10-16-12-33-26(7,8)35-22(16)28(21,27)32/h10-11,13,15,17-19,21-22,32H,9,12H2,1-8H3/t15-,17+,18-,19+,21+,22-,27?,28-/m1/s1. The summed E-state index contributed by atoms with van der Waals surface area (Å²) in [6.07, 6.45) is 3.21. The molecule has 1 unspecified atom stereocenters. The molecular weight excluding hydrogens is 460 g/mol. The third-order valence-electron chi connectivity index (χ3n) is 9.81. The summed E-state index contributed by atoms with van der Waals surface area (Å²) in [5, 5.41) is 17.0. The summed E-state index contributed by atoms with van der Waals surface area (Å²) in [6, 6.07) is 0.0530. The number of ether oxygens (including phenoxy) is 3. The van der Waals surface area contributed by atoms with E-state index in [2.05, 4.69) is 37.0 Å². The molecule has 1 aromatic heterocycles. The Labute approximate surface area is 212 Å². The van der Waals surface area contributed by atoms with Gasteiger partial charge in [-0.2, -0.15) is 4.98 Å². The van der Waals surface area contributed by atoms with Crippen molar-refractivity contribution in [3.63, 3.8) is 0 Å². The van der Waals surface area contributed by atoms with Crippen LogP contribution in [0.1, 0.15) is 73.6 Å². The van der Waals surface area contributed by atoms with E-state index in [-0.39, 0.29) is 47.5 Å². The van der Waals surface area contributed by atoms with Gasteiger partial charge in [-0.3, -0.25) is 4.79 Å². The second-order valence-corrected chi connectivity index (χ2v) is 13.1. The topological polar surface area (TPSA) is 104 Å². The van der Waals surface area contributed by atoms with E-state index in [0.29, 0.717) is 11.8 Å². The van der Waals surface area contributed by atoms with Gasteiger partial charge in [0, 0.05) is 11.8 Å². The predicted molar refractivity (Wildman–Crippen MR) is 130 cm³/mol. The van der Waals surface area contributed by atoms with Gasteiger partial charge in [0.15, 0.2) is 23.3 Å². The number of nitrogens with zero attached hydrogens (tertiary/aromatic N) is 2. The molecule has 1 aromatic rings. The Morgan fingerprint density at radius 3 is 2.61 bits per heavy atom. The summed E-state index contributed by atoms with van der Waals surface area (Å²) in [4.78, 5) is 19.1. The highest BCUT2D eigenvalue weighted by Gasteiger charge is 2.77. The molecule has 2 bridgehead atoms. The molecule has 4 aliphatic carbocycles. The van der Waals surface area contributed by atoms with Crippen LogP contribution in [0, 0.1) is 34.5 Å². The minimum Gasteiger partial charge on any atom is -0.450 e. The van der Waals surface area contributed by atoms with Crippen LogP contribution in [0.3, 0.4) is 0 Å². The fourth-order valence-corrected chi connectivity index (χ4v) is 7.91. The van der Waals surface area contributed by atoms with Gasteiger partial charge in [-0.15, -0.1) is 0 Å². The molecule has 0 amide bonds. The number of fused-ring (bicyclic) bond motifs is 5. The maximum atomic E-state index is 14.7. The Hall–Kier alpha value is -2.03. The lowest BCUT2D eigenvalue weighted by Crippen LogP contribution is -2.68. The van der Waals surface area contributed by atoms with Crippen molar-refractivity contribution < 1.29 is 28.6 Å². The van der Waals surface area contributed by atoms with E-state index in [1.54, 1.807) is 0 Å². The summed E-state index contributed by atoms with van der Waals surface area (Å²) >= 11 is 0. The summed E-state index contributed by atoms with van der Waals surface area (Å²) in [5.41, 5.74) is -1.21. The first-order valence-corrected chi connectivity index (χ1v) is 13.2. The number of Topliss-reactive ketones (excluding diaryl/α,β-unsaturated/α-hetero) is 1. The number of carbonyl (C=O) groups excluding carboxylic acids is 1. The quantitative estimate of drug-likeness (QED) is 0.618. The van der Waals surface area contributed by atoms with Gasteiger partial charge in [-0.1, -0.05) is 46.8 Å². The highest BCUT2D eigenvalue weighted by atomic mass is 16.7. The van der Waals surface area contributed by atoms with Crippen molar-refractivity contribution >= 4 is 5.78 Å². The lowest BCUT2D eigenvalue weighted by atomic mass is 9.59. The maximum absolute atomic E-state index is 14.7. The molecule has 5 aliphatic rings. The van der Waals surface area contributed by atoms with Crippen LogP contribution in [0.5, 0.6) is 6.01 Å². The normalized spacial score (nSPS) is 44.0. The van der Waals surface area contributed by atoms with Crippen LogP contribution in [-0.2, 0) is 14.3 Å². The smallest absolute Gasteiger partial charge is 0.354 e. The number of hydrogen-bond acceptors (Lipinski definition) is 8. The van der Waals surface area contributed by atoms with Crippen molar-refractivity contribution in [2.24, 2.45) is 34.5 Å². The van der Waals surface area contributed by atoms with Crippen molar-refractivity contribution in [3.8, 4) is 6.01 Å². The van der Waals surface area contributed by atoms with E-state index in [1.165, 1.54) is 0 Å². The summed E-state index contributed by atoms with van der Waals surface area (Å²) in [6.45, 7) is 16.4. The first-order chi connectivity index (χ1) is 16.7. The first kappa shape index (κ1) is 24.3. The molecule has 2 saturated carbocycles. The molecular formula is C28H38N2O6. The van der Waals surface area contributed by atoms with Gasteiger partial charge in [0.2, 0.25) is 5.89 Å². The molecule has 6 rings (SSSR count). The van der Waals surface area contributed by atoms with Gasteiger partial charge in [-0.05, 0) is 66.7 Å². The van der Waals surface area contributed by atoms with Crippen molar-refractivity contribution in [2.45, 2.75) is 91.3 Å². The van der Waals surface area contributed by atoms with Crippen molar-refractivity contribution in [3.05, 3.63) is 29.2 Å². The van der Waals surface area contributed by atoms with E-state index in [1.807, 2.05) is 40.7 Å². The molecule has 8 heteroatoms. The summed E-state index contributed by atoms with van der Waals surface area (Å²) in [5.74, 6) is -0.156. The number of rotatable bonds is 3. The Bertz CT molecular complexity index is 1180. The molecule has 1 spiro atoms. The lowest BCUT2D eigenvalue weighted by Gasteiger charge is -2.52. The van der Waals surface area contributed by atoms with E-state index >= 15 is 0 Å². The van der Waals surface area contributed by atoms with E-state index in [0.717, 1.165) is 17.6 Å². The number of hydrogen-bond donors (Lipinski definition) is 1. The largest absolute Gasteiger partial charge is 0.450 e. The number of aromatic nitrogens is 2. The van der Waals surface area contributed by atoms with Crippen LogP contribution in [0.25, 0.3) is 0 Å². The molecule has 0 radical (unpaired) electrons. The molecule has 3 fully saturated rings. The fraction of sp³-hybridized carbons (Fsp3) is 0.750. The van der Waals surface area contributed by atoms with Crippen molar-refractivity contribution in [2.75, 3.05) is 6.61 Å². The number of allylic oxidation sites excluding steroid dienone is 1. The van der Waals surface area contributed by atoms with E-state index in [4.69, 9.17) is 18.7 Å². The minimum atomic E-state index is -1.70. The van der Waals surface area contributed by atoms with Gasteiger partial charge in [0.1, 0.15) is 6.10 Å². The number of ketones is 1. The Morgan fingerprint density at radius 2 is 1.94 bits per heavy atom. The summed E-state index contributed by atoms with van der Waals surface area (Å²) < 4.78 is 24.2. The van der Waals surface area contributed by atoms with E-state index in [9.17, 15) is 9.90 Å². The van der Waals surface area contributed by atoms with Gasteiger partial charge in [0.05, 0.1) is 12.0 Å².